The Morgan fingerprint density at radius 3 is 2.55 bits per heavy atom. The fourth-order valence-electron chi connectivity index (χ4n) is 4.07. The summed E-state index contributed by atoms with van der Waals surface area (Å²) in [5, 5.41) is 17.5. The fourth-order valence-corrected chi connectivity index (χ4v) is 5.81. The SMILES string of the molecule is CCOC(=O)CCN(c1cn[nH]c1C)S(=O)(=O)c1ccc2[nH]c(CNc3ccc(C(=N)N)cc3)nc2c1C. The van der Waals surface area contributed by atoms with Gasteiger partial charge in [0, 0.05) is 17.8 Å². The summed E-state index contributed by atoms with van der Waals surface area (Å²) < 4.78 is 33.9. The Labute approximate surface area is 220 Å². The van der Waals surface area contributed by atoms with Crippen molar-refractivity contribution in [3.05, 3.63) is 65.2 Å². The molecule has 0 spiro atoms. The number of imidazole rings is 1. The smallest absolute Gasteiger partial charge is 0.307 e. The van der Waals surface area contributed by atoms with Crippen LogP contribution in [0.5, 0.6) is 0 Å². The molecule has 0 fully saturated rings. The molecular formula is C25H30N8O4S. The van der Waals surface area contributed by atoms with E-state index >= 15 is 0 Å². The van der Waals surface area contributed by atoms with Crippen molar-refractivity contribution in [1.82, 2.24) is 20.2 Å². The Balaban J connectivity index is 1.61. The number of anilines is 2. The zero-order valence-corrected chi connectivity index (χ0v) is 22.1. The third-order valence-corrected chi connectivity index (χ3v) is 7.98. The summed E-state index contributed by atoms with van der Waals surface area (Å²) in [5.74, 6) is 0.136. The molecule has 6 N–H and O–H groups in total. The van der Waals surface area contributed by atoms with E-state index in [2.05, 4.69) is 25.5 Å². The van der Waals surface area contributed by atoms with Crippen LogP contribution in [-0.4, -0.2) is 53.5 Å². The van der Waals surface area contributed by atoms with E-state index < -0.39 is 16.0 Å². The van der Waals surface area contributed by atoms with Crippen LogP contribution in [0.25, 0.3) is 11.0 Å². The van der Waals surface area contributed by atoms with Gasteiger partial charge in [-0.15, -0.1) is 0 Å². The van der Waals surface area contributed by atoms with Gasteiger partial charge in [0.05, 0.1) is 53.1 Å². The van der Waals surface area contributed by atoms with Crippen molar-refractivity contribution >= 4 is 44.2 Å². The molecule has 2 aromatic carbocycles. The number of nitrogens with two attached hydrogens (primary N) is 1. The van der Waals surface area contributed by atoms with Crippen LogP contribution in [0.15, 0.2) is 47.5 Å². The van der Waals surface area contributed by atoms with Crippen molar-refractivity contribution in [2.75, 3.05) is 22.8 Å². The molecule has 200 valence electrons. The van der Waals surface area contributed by atoms with Gasteiger partial charge < -0.3 is 20.8 Å². The molecule has 0 saturated heterocycles. The maximum Gasteiger partial charge on any atom is 0.307 e. The molecule has 2 heterocycles. The van der Waals surface area contributed by atoms with Crippen LogP contribution >= 0.6 is 0 Å². The summed E-state index contributed by atoms with van der Waals surface area (Å²) in [6, 6.07) is 10.4. The van der Waals surface area contributed by atoms with Gasteiger partial charge in [0.25, 0.3) is 10.0 Å². The van der Waals surface area contributed by atoms with Crippen LogP contribution in [0.3, 0.4) is 0 Å². The molecule has 0 aliphatic rings. The van der Waals surface area contributed by atoms with Crippen LogP contribution in [0.2, 0.25) is 0 Å². The van der Waals surface area contributed by atoms with Gasteiger partial charge in [-0.25, -0.2) is 13.4 Å². The van der Waals surface area contributed by atoms with Gasteiger partial charge in [-0.3, -0.25) is 19.6 Å². The minimum Gasteiger partial charge on any atom is -0.466 e. The van der Waals surface area contributed by atoms with E-state index in [-0.39, 0.29) is 30.3 Å². The number of sulfonamides is 1. The lowest BCUT2D eigenvalue weighted by atomic mass is 10.2. The molecule has 0 amide bonds. The van der Waals surface area contributed by atoms with Gasteiger partial charge in [0.15, 0.2) is 0 Å². The standard InChI is InChI=1S/C25H30N8O4S/c1-4-37-23(34)11-12-33(20-13-29-32-16(20)3)38(35,36)21-10-9-19-24(15(21)2)31-22(30-19)14-28-18-7-5-17(6-8-18)25(26)27/h5-10,13,28H,4,11-12,14H2,1-3H3,(H3,26,27)(H,29,32)(H,30,31). The summed E-state index contributed by atoms with van der Waals surface area (Å²) in [6.07, 6.45) is 1.32. The number of aromatic amines is 2. The number of esters is 1. The molecule has 12 nitrogen and oxygen atoms in total. The van der Waals surface area contributed by atoms with Gasteiger partial charge >= 0.3 is 5.97 Å². The number of nitrogens with one attached hydrogen (secondary N) is 4. The highest BCUT2D eigenvalue weighted by molar-refractivity contribution is 7.92. The van der Waals surface area contributed by atoms with Crippen molar-refractivity contribution < 1.29 is 17.9 Å². The number of hydrogen-bond acceptors (Lipinski definition) is 8. The molecule has 0 radical (unpaired) electrons. The topological polar surface area (TPSA) is 183 Å². The molecule has 0 aliphatic heterocycles. The van der Waals surface area contributed by atoms with Crippen LogP contribution in [0, 0.1) is 19.3 Å². The number of rotatable bonds is 11. The maximum absolute atomic E-state index is 13.9. The average molecular weight is 539 g/mol. The first-order valence-corrected chi connectivity index (χ1v) is 13.4. The molecular weight excluding hydrogens is 508 g/mol. The molecule has 4 aromatic rings. The Hall–Kier alpha value is -4.39. The van der Waals surface area contributed by atoms with Crippen LogP contribution in [-0.2, 0) is 26.1 Å². The number of aryl methyl sites for hydroxylation is 2. The van der Waals surface area contributed by atoms with E-state index in [1.54, 1.807) is 39.0 Å². The Kier molecular flexibility index (Phi) is 7.67. The number of hydrogen-bond donors (Lipinski definition) is 5. The molecule has 38 heavy (non-hydrogen) atoms. The van der Waals surface area contributed by atoms with Gasteiger partial charge in [-0.05, 0) is 62.7 Å². The van der Waals surface area contributed by atoms with Crippen molar-refractivity contribution in [3.63, 3.8) is 0 Å². The highest BCUT2D eigenvalue weighted by Gasteiger charge is 2.30. The number of benzene rings is 2. The van der Waals surface area contributed by atoms with Crippen LogP contribution in [0.1, 0.15) is 36.0 Å². The number of fused-ring (bicyclic) bond motifs is 1. The van der Waals surface area contributed by atoms with Gasteiger partial charge in [-0.1, -0.05) is 0 Å². The van der Waals surface area contributed by atoms with Gasteiger partial charge in [0.2, 0.25) is 0 Å². The summed E-state index contributed by atoms with van der Waals surface area (Å²) in [7, 11) is -4.07. The highest BCUT2D eigenvalue weighted by atomic mass is 32.2. The zero-order valence-electron chi connectivity index (χ0n) is 21.3. The maximum atomic E-state index is 13.9. The fraction of sp³-hybridized carbons (Fsp3) is 0.280. The summed E-state index contributed by atoms with van der Waals surface area (Å²) in [5.41, 5.74) is 9.58. The first kappa shape index (κ1) is 26.7. The second kappa shape index (κ2) is 10.9. The minimum atomic E-state index is -4.07. The second-order valence-corrected chi connectivity index (χ2v) is 10.5. The third kappa shape index (κ3) is 5.47. The van der Waals surface area contributed by atoms with Gasteiger partial charge in [-0.2, -0.15) is 5.10 Å². The Morgan fingerprint density at radius 1 is 1.18 bits per heavy atom. The number of carbonyl (C=O) groups excluding carboxylic acids is 1. The molecule has 13 heteroatoms. The summed E-state index contributed by atoms with van der Waals surface area (Å²) in [4.78, 5) is 20.0. The van der Waals surface area contributed by atoms with E-state index in [0.717, 1.165) is 5.69 Å². The molecule has 0 saturated carbocycles. The lowest BCUT2D eigenvalue weighted by Gasteiger charge is -2.24. The number of nitrogens with zero attached hydrogens (tertiary/aromatic N) is 3. The molecule has 0 aliphatic carbocycles. The summed E-state index contributed by atoms with van der Waals surface area (Å²) in [6.45, 7) is 5.60. The first-order chi connectivity index (χ1) is 18.1. The molecule has 2 aromatic heterocycles. The lowest BCUT2D eigenvalue weighted by Crippen LogP contribution is -2.34. The molecule has 0 bridgehead atoms. The molecule has 4 rings (SSSR count). The predicted octanol–water partition coefficient (Wildman–Crippen LogP) is 2.95. The van der Waals surface area contributed by atoms with E-state index in [1.807, 2.05) is 12.1 Å². The Bertz CT molecular complexity index is 1570. The van der Waals surface area contributed by atoms with E-state index in [4.69, 9.17) is 15.9 Å². The van der Waals surface area contributed by atoms with E-state index in [9.17, 15) is 13.2 Å². The second-order valence-electron chi connectivity index (χ2n) is 8.63. The van der Waals surface area contributed by atoms with E-state index in [0.29, 0.717) is 45.9 Å². The third-order valence-electron chi connectivity index (χ3n) is 6.03. The van der Waals surface area contributed by atoms with Crippen molar-refractivity contribution in [2.24, 2.45) is 5.73 Å². The lowest BCUT2D eigenvalue weighted by molar-refractivity contribution is -0.142. The Morgan fingerprint density at radius 2 is 1.92 bits per heavy atom. The first-order valence-electron chi connectivity index (χ1n) is 12.0. The molecule has 0 unspecified atom stereocenters. The van der Waals surface area contributed by atoms with Crippen molar-refractivity contribution in [2.45, 2.75) is 38.6 Å². The van der Waals surface area contributed by atoms with Crippen LogP contribution in [0.4, 0.5) is 11.4 Å². The predicted molar refractivity (Wildman–Crippen MR) is 145 cm³/mol. The number of nitrogen functional groups attached to an aromatic ring is 1. The normalized spacial score (nSPS) is 11.4. The van der Waals surface area contributed by atoms with Crippen LogP contribution < -0.4 is 15.4 Å². The zero-order chi connectivity index (χ0) is 27.4. The van der Waals surface area contributed by atoms with Crippen molar-refractivity contribution in [1.29, 1.82) is 5.41 Å². The quantitative estimate of drug-likeness (QED) is 0.110. The number of H-pyrrole nitrogens is 2. The monoisotopic (exact) mass is 538 g/mol. The highest BCUT2D eigenvalue weighted by Crippen LogP contribution is 2.30. The summed E-state index contributed by atoms with van der Waals surface area (Å²) >= 11 is 0. The largest absolute Gasteiger partial charge is 0.466 e. The van der Waals surface area contributed by atoms with Gasteiger partial charge in [0.1, 0.15) is 11.7 Å². The number of amidine groups is 1. The van der Waals surface area contributed by atoms with E-state index in [1.165, 1.54) is 16.6 Å². The molecule has 0 atom stereocenters. The number of carbonyl (C=O) groups is 1. The number of aromatic nitrogens is 4. The number of ether oxygens (including phenoxy) is 1. The average Bonchev–Trinajstić information content (AvgIpc) is 3.49. The minimum absolute atomic E-state index is 0.00236. The van der Waals surface area contributed by atoms with Crippen molar-refractivity contribution in [3.8, 4) is 0 Å².